The maximum absolute atomic E-state index is 12.9. The number of Topliss-reactive ketones (excluding diaryl/α,β-unsaturated/α-hetero) is 1. The normalized spacial score (nSPS) is 11.9. The van der Waals surface area contributed by atoms with E-state index in [1.54, 1.807) is 30.7 Å². The van der Waals surface area contributed by atoms with Gasteiger partial charge in [-0.05, 0) is 36.6 Å². The number of furan rings is 1. The van der Waals surface area contributed by atoms with Crippen LogP contribution in [0.3, 0.4) is 0 Å². The van der Waals surface area contributed by atoms with Crippen molar-refractivity contribution in [1.82, 2.24) is 19.0 Å². The molecule has 3 N–H and O–H groups in total. The Bertz CT molecular complexity index is 1250. The molecule has 10 heteroatoms. The average Bonchev–Trinajstić information content (AvgIpc) is 3.44. The smallest absolute Gasteiger partial charge is 0.287 e. The van der Waals surface area contributed by atoms with Crippen molar-refractivity contribution in [3.8, 4) is 11.4 Å². The predicted molar refractivity (Wildman–Crippen MR) is 113 cm³/mol. The molecule has 0 bridgehead atoms. The van der Waals surface area contributed by atoms with E-state index in [0.29, 0.717) is 23.4 Å². The maximum Gasteiger partial charge on any atom is 0.287 e. The molecular weight excluding hydrogens is 418 g/mol. The third-order valence-corrected chi connectivity index (χ3v) is 5.27. The zero-order valence-electron chi connectivity index (χ0n) is 16.1. The number of amides is 2. The van der Waals surface area contributed by atoms with Crippen molar-refractivity contribution in [2.75, 3.05) is 0 Å². The highest BCUT2D eigenvalue weighted by Gasteiger charge is 2.28. The SMILES string of the molecule is NC(=O)C(=O)C(CCc1coc2ccccc12)NC(=O)c1nsnc1-c1ccccn1. The zero-order valence-corrected chi connectivity index (χ0v) is 17.0. The van der Waals surface area contributed by atoms with Crippen molar-refractivity contribution < 1.29 is 18.8 Å². The highest BCUT2D eigenvalue weighted by atomic mass is 32.1. The number of hydrogen-bond acceptors (Lipinski definition) is 8. The number of nitrogens with one attached hydrogen (secondary N) is 1. The number of nitrogens with two attached hydrogens (primary N) is 1. The number of primary amides is 1. The number of carbonyl (C=O) groups excluding carboxylic acids is 3. The Balaban J connectivity index is 1.54. The van der Waals surface area contributed by atoms with Gasteiger partial charge in [0.2, 0.25) is 5.78 Å². The molecule has 0 fully saturated rings. The van der Waals surface area contributed by atoms with Gasteiger partial charge in [0.1, 0.15) is 11.3 Å². The van der Waals surface area contributed by atoms with Gasteiger partial charge in [-0.3, -0.25) is 19.4 Å². The summed E-state index contributed by atoms with van der Waals surface area (Å²) in [5, 5.41) is 3.48. The predicted octanol–water partition coefficient (Wildman–Crippen LogP) is 2.13. The van der Waals surface area contributed by atoms with Crippen molar-refractivity contribution in [2.45, 2.75) is 18.9 Å². The monoisotopic (exact) mass is 435 g/mol. The van der Waals surface area contributed by atoms with Crippen LogP contribution in [0.15, 0.2) is 59.3 Å². The Kier molecular flexibility index (Phi) is 5.80. The lowest BCUT2D eigenvalue weighted by molar-refractivity contribution is -0.137. The van der Waals surface area contributed by atoms with Gasteiger partial charge in [0.05, 0.1) is 29.7 Å². The molecule has 0 radical (unpaired) electrons. The molecule has 0 saturated heterocycles. The molecule has 1 atom stereocenters. The molecule has 156 valence electrons. The number of aryl methyl sites for hydroxylation is 1. The second kappa shape index (κ2) is 8.84. The van der Waals surface area contributed by atoms with Gasteiger partial charge >= 0.3 is 0 Å². The highest BCUT2D eigenvalue weighted by Crippen LogP contribution is 2.23. The largest absolute Gasteiger partial charge is 0.464 e. The van der Waals surface area contributed by atoms with Crippen LogP contribution < -0.4 is 11.1 Å². The first-order valence-corrected chi connectivity index (χ1v) is 10.1. The number of aromatic nitrogens is 3. The average molecular weight is 435 g/mol. The molecule has 4 rings (SSSR count). The number of nitrogens with zero attached hydrogens (tertiary/aromatic N) is 3. The van der Waals surface area contributed by atoms with E-state index in [4.69, 9.17) is 10.2 Å². The van der Waals surface area contributed by atoms with E-state index in [1.807, 2.05) is 24.3 Å². The number of benzene rings is 1. The maximum atomic E-state index is 12.9. The fraction of sp³-hybridized carbons (Fsp3) is 0.143. The van der Waals surface area contributed by atoms with Crippen LogP contribution in [0.5, 0.6) is 0 Å². The van der Waals surface area contributed by atoms with Crippen LogP contribution in [0.1, 0.15) is 22.5 Å². The molecule has 0 aliphatic heterocycles. The first-order chi connectivity index (χ1) is 15.0. The quantitative estimate of drug-likeness (QED) is 0.404. The zero-order chi connectivity index (χ0) is 21.8. The van der Waals surface area contributed by atoms with Gasteiger partial charge in [-0.1, -0.05) is 24.3 Å². The lowest BCUT2D eigenvalue weighted by Gasteiger charge is -2.15. The van der Waals surface area contributed by atoms with E-state index in [2.05, 4.69) is 19.0 Å². The molecule has 0 aliphatic carbocycles. The summed E-state index contributed by atoms with van der Waals surface area (Å²) >= 11 is 0.854. The molecule has 2 amide bonds. The van der Waals surface area contributed by atoms with E-state index in [1.165, 1.54) is 0 Å². The number of rotatable bonds is 8. The fourth-order valence-corrected chi connectivity index (χ4v) is 3.76. The minimum absolute atomic E-state index is 0.0275. The fourth-order valence-electron chi connectivity index (χ4n) is 3.20. The van der Waals surface area contributed by atoms with Gasteiger partial charge in [0.25, 0.3) is 11.8 Å². The topological polar surface area (TPSA) is 141 Å². The van der Waals surface area contributed by atoms with Gasteiger partial charge in [0.15, 0.2) is 5.69 Å². The summed E-state index contributed by atoms with van der Waals surface area (Å²) in [5.74, 6) is -2.64. The second-order valence-electron chi connectivity index (χ2n) is 6.73. The summed E-state index contributed by atoms with van der Waals surface area (Å²) in [7, 11) is 0. The van der Waals surface area contributed by atoms with Gasteiger partial charge in [-0.15, -0.1) is 0 Å². The van der Waals surface area contributed by atoms with Crippen LogP contribution >= 0.6 is 11.7 Å². The van der Waals surface area contributed by atoms with Gasteiger partial charge in [-0.25, -0.2) is 0 Å². The molecule has 0 saturated carbocycles. The van der Waals surface area contributed by atoms with Gasteiger partial charge < -0.3 is 15.5 Å². The number of pyridine rings is 1. The third-order valence-electron chi connectivity index (χ3n) is 4.74. The minimum atomic E-state index is -1.12. The van der Waals surface area contributed by atoms with Crippen molar-refractivity contribution in [3.05, 3.63) is 66.2 Å². The van der Waals surface area contributed by atoms with Crippen LogP contribution in [0.25, 0.3) is 22.4 Å². The molecule has 4 aromatic rings. The molecule has 0 spiro atoms. The summed E-state index contributed by atoms with van der Waals surface area (Å²) in [4.78, 5) is 40.9. The van der Waals surface area contributed by atoms with E-state index < -0.39 is 23.6 Å². The van der Waals surface area contributed by atoms with E-state index in [0.717, 1.165) is 22.7 Å². The molecule has 0 aliphatic rings. The van der Waals surface area contributed by atoms with Gasteiger partial charge in [-0.2, -0.15) is 8.75 Å². The Hall–Kier alpha value is -3.92. The van der Waals surface area contributed by atoms with Crippen molar-refractivity contribution in [2.24, 2.45) is 5.73 Å². The van der Waals surface area contributed by atoms with Crippen molar-refractivity contribution >= 4 is 40.3 Å². The van der Waals surface area contributed by atoms with Crippen LogP contribution in [0, 0.1) is 0 Å². The Morgan fingerprint density at radius 2 is 1.90 bits per heavy atom. The summed E-state index contributed by atoms with van der Waals surface area (Å²) in [6, 6.07) is 11.6. The summed E-state index contributed by atoms with van der Waals surface area (Å²) < 4.78 is 13.7. The molecule has 3 aromatic heterocycles. The first kappa shape index (κ1) is 20.4. The number of hydrogen-bond donors (Lipinski definition) is 2. The van der Waals surface area contributed by atoms with Crippen LogP contribution in [-0.4, -0.2) is 37.4 Å². The van der Waals surface area contributed by atoms with Crippen molar-refractivity contribution in [1.29, 1.82) is 0 Å². The molecule has 1 aromatic carbocycles. The van der Waals surface area contributed by atoms with E-state index in [-0.39, 0.29) is 12.1 Å². The molecule has 31 heavy (non-hydrogen) atoms. The Morgan fingerprint density at radius 1 is 1.10 bits per heavy atom. The van der Waals surface area contributed by atoms with E-state index in [9.17, 15) is 14.4 Å². The summed E-state index contributed by atoms with van der Waals surface area (Å²) in [5.41, 5.74) is 7.57. The van der Waals surface area contributed by atoms with Crippen molar-refractivity contribution in [3.63, 3.8) is 0 Å². The lowest BCUT2D eigenvalue weighted by Crippen LogP contribution is -2.46. The minimum Gasteiger partial charge on any atom is -0.464 e. The van der Waals surface area contributed by atoms with Crippen LogP contribution in [0.2, 0.25) is 0 Å². The number of carbonyl (C=O) groups is 3. The van der Waals surface area contributed by atoms with Crippen LogP contribution in [-0.2, 0) is 16.0 Å². The van der Waals surface area contributed by atoms with Crippen LogP contribution in [0.4, 0.5) is 0 Å². The molecule has 9 nitrogen and oxygen atoms in total. The Morgan fingerprint density at radius 3 is 2.68 bits per heavy atom. The summed E-state index contributed by atoms with van der Waals surface area (Å²) in [6.07, 6.45) is 3.73. The van der Waals surface area contributed by atoms with Gasteiger partial charge in [0, 0.05) is 11.6 Å². The lowest BCUT2D eigenvalue weighted by atomic mass is 10.0. The standard InChI is InChI=1S/C21H17N5O4S/c22-20(28)19(27)15(9-8-12-11-30-16-7-2-1-5-13(12)16)24-21(29)18-17(25-31-26-18)14-6-3-4-10-23-14/h1-7,10-11,15H,8-9H2,(H2,22,28)(H,24,29). The number of fused-ring (bicyclic) bond motifs is 1. The molecular formula is C21H17N5O4S. The first-order valence-electron chi connectivity index (χ1n) is 9.38. The number of ketones is 1. The number of para-hydroxylation sites is 1. The third kappa shape index (κ3) is 4.33. The second-order valence-corrected chi connectivity index (χ2v) is 7.26. The molecule has 1 unspecified atom stereocenters. The highest BCUT2D eigenvalue weighted by molar-refractivity contribution is 6.99. The summed E-state index contributed by atoms with van der Waals surface area (Å²) in [6.45, 7) is 0. The molecule has 3 heterocycles. The van der Waals surface area contributed by atoms with E-state index >= 15 is 0 Å². The Labute approximate surface area is 180 Å².